The molecule has 4 rings (SSSR count). The first-order chi connectivity index (χ1) is 19.4. The van der Waals surface area contributed by atoms with Crippen molar-refractivity contribution in [2.75, 3.05) is 16.4 Å². The maximum Gasteiger partial charge on any atom is 0.460 e. The Bertz CT molecular complexity index is 1620. The molecule has 0 bridgehead atoms. The fourth-order valence-corrected chi connectivity index (χ4v) is 3.91. The zero-order valence-corrected chi connectivity index (χ0v) is 21.4. The SMILES string of the molecule is CC(C)n1nc(-c2ccc(NC(=O)Nc3cccc(C(F)(F)C(F)(F)C(F)(F)C(F)(F)F)c3)cc2)c2c(N)ncnc21. The number of hydrogen-bond donors (Lipinski definition) is 3. The Morgan fingerprint density at radius 2 is 1.48 bits per heavy atom. The van der Waals surface area contributed by atoms with Gasteiger partial charge >= 0.3 is 30.0 Å². The summed E-state index contributed by atoms with van der Waals surface area (Å²) in [6.45, 7) is 3.78. The normalized spacial score (nSPS) is 13.0. The molecule has 0 saturated carbocycles. The number of nitrogens with zero attached hydrogens (tertiary/aromatic N) is 4. The molecule has 42 heavy (non-hydrogen) atoms. The summed E-state index contributed by atoms with van der Waals surface area (Å²) >= 11 is 0. The molecule has 0 aliphatic heterocycles. The first-order valence-corrected chi connectivity index (χ1v) is 11.9. The predicted octanol–water partition coefficient (Wildman–Crippen LogP) is 7.23. The lowest BCUT2D eigenvalue weighted by atomic mass is 9.96. The van der Waals surface area contributed by atoms with Crippen LogP contribution in [0.15, 0.2) is 54.9 Å². The van der Waals surface area contributed by atoms with Crippen molar-refractivity contribution in [2.45, 2.75) is 43.8 Å². The van der Waals surface area contributed by atoms with E-state index in [-0.39, 0.29) is 29.7 Å². The molecule has 4 N–H and O–H groups in total. The Labute approximate surface area is 230 Å². The van der Waals surface area contributed by atoms with Crippen molar-refractivity contribution in [1.29, 1.82) is 0 Å². The maximum absolute atomic E-state index is 14.3. The molecule has 0 saturated heterocycles. The van der Waals surface area contributed by atoms with Gasteiger partial charge in [-0.1, -0.05) is 24.3 Å². The summed E-state index contributed by atoms with van der Waals surface area (Å²) in [5.41, 5.74) is 5.26. The number of benzene rings is 2. The summed E-state index contributed by atoms with van der Waals surface area (Å²) in [6, 6.07) is 6.89. The van der Waals surface area contributed by atoms with E-state index >= 15 is 0 Å². The molecule has 224 valence electrons. The lowest BCUT2D eigenvalue weighted by molar-refractivity contribution is -0.399. The van der Waals surface area contributed by atoms with E-state index < -0.39 is 41.2 Å². The maximum atomic E-state index is 14.3. The largest absolute Gasteiger partial charge is 0.460 e. The molecule has 8 nitrogen and oxygen atoms in total. The van der Waals surface area contributed by atoms with Crippen molar-refractivity contribution >= 4 is 34.3 Å². The number of hydrogen-bond acceptors (Lipinski definition) is 5. The molecular formula is C25H20F9N7O. The minimum absolute atomic E-state index is 0.0639. The predicted molar refractivity (Wildman–Crippen MR) is 134 cm³/mol. The summed E-state index contributed by atoms with van der Waals surface area (Å²) in [6.07, 6.45) is -5.65. The van der Waals surface area contributed by atoms with Crippen LogP contribution in [0.2, 0.25) is 0 Å². The first-order valence-electron chi connectivity index (χ1n) is 11.9. The third kappa shape index (κ3) is 5.14. The Balaban J connectivity index is 1.52. The quantitative estimate of drug-likeness (QED) is 0.193. The number of rotatable bonds is 7. The third-order valence-corrected chi connectivity index (χ3v) is 6.05. The van der Waals surface area contributed by atoms with E-state index in [9.17, 15) is 44.3 Å². The van der Waals surface area contributed by atoms with Crippen molar-refractivity contribution in [1.82, 2.24) is 19.7 Å². The number of fused-ring (bicyclic) bond motifs is 1. The monoisotopic (exact) mass is 605 g/mol. The van der Waals surface area contributed by atoms with Gasteiger partial charge in [-0.15, -0.1) is 0 Å². The molecule has 0 aliphatic carbocycles. The topological polar surface area (TPSA) is 111 Å². The Kier molecular flexibility index (Phi) is 7.50. The average Bonchev–Trinajstić information content (AvgIpc) is 3.30. The highest BCUT2D eigenvalue weighted by molar-refractivity contribution is 6.01. The van der Waals surface area contributed by atoms with E-state index in [1.54, 1.807) is 16.8 Å². The van der Waals surface area contributed by atoms with Crippen LogP contribution in [-0.4, -0.2) is 43.8 Å². The Hall–Kier alpha value is -4.57. The number of alkyl halides is 9. The van der Waals surface area contributed by atoms with Crippen LogP contribution in [0, 0.1) is 0 Å². The zero-order valence-electron chi connectivity index (χ0n) is 21.4. The van der Waals surface area contributed by atoms with E-state index in [1.165, 1.54) is 18.5 Å². The summed E-state index contributed by atoms with van der Waals surface area (Å²) < 4.78 is 122. The number of carbonyl (C=O) groups excluding carboxylic acids is 1. The van der Waals surface area contributed by atoms with Crippen molar-refractivity contribution < 1.29 is 44.3 Å². The van der Waals surface area contributed by atoms with E-state index in [4.69, 9.17) is 5.73 Å². The van der Waals surface area contributed by atoms with Gasteiger partial charge in [0, 0.05) is 28.5 Å². The van der Waals surface area contributed by atoms with Gasteiger partial charge in [0.25, 0.3) is 0 Å². The number of aromatic nitrogens is 4. The molecule has 0 aliphatic rings. The van der Waals surface area contributed by atoms with Crippen molar-refractivity contribution in [3.63, 3.8) is 0 Å². The smallest absolute Gasteiger partial charge is 0.383 e. The number of nitrogens with one attached hydrogen (secondary N) is 2. The van der Waals surface area contributed by atoms with Crippen LogP contribution in [0.4, 0.5) is 61.5 Å². The molecule has 0 spiro atoms. The molecule has 2 amide bonds. The van der Waals surface area contributed by atoms with Crippen molar-refractivity contribution in [3.8, 4) is 11.3 Å². The van der Waals surface area contributed by atoms with Crippen LogP contribution in [0.1, 0.15) is 25.5 Å². The van der Waals surface area contributed by atoms with Gasteiger partial charge in [0.05, 0.1) is 5.39 Å². The third-order valence-electron chi connectivity index (χ3n) is 6.05. The second-order valence-corrected chi connectivity index (χ2v) is 9.30. The van der Waals surface area contributed by atoms with Crippen molar-refractivity contribution in [2.24, 2.45) is 0 Å². The number of nitrogens with two attached hydrogens (primary N) is 1. The van der Waals surface area contributed by atoms with Crippen LogP contribution >= 0.6 is 0 Å². The van der Waals surface area contributed by atoms with Crippen molar-refractivity contribution in [3.05, 3.63) is 60.4 Å². The molecule has 2 aromatic carbocycles. The average molecular weight is 605 g/mol. The lowest BCUT2D eigenvalue weighted by Gasteiger charge is -2.33. The minimum atomic E-state index is -7.05. The number of halogens is 9. The second kappa shape index (κ2) is 10.4. The van der Waals surface area contributed by atoms with Crippen LogP contribution in [0.25, 0.3) is 22.3 Å². The zero-order chi connectivity index (χ0) is 31.3. The van der Waals surface area contributed by atoms with Gasteiger partial charge in [-0.05, 0) is 38.1 Å². The van der Waals surface area contributed by atoms with Crippen LogP contribution < -0.4 is 16.4 Å². The van der Waals surface area contributed by atoms with Crippen LogP contribution in [0.5, 0.6) is 0 Å². The Morgan fingerprint density at radius 1 is 0.857 bits per heavy atom. The summed E-state index contributed by atoms with van der Waals surface area (Å²) in [4.78, 5) is 20.6. The molecule has 2 heterocycles. The van der Waals surface area contributed by atoms with Gasteiger partial charge in [0.1, 0.15) is 17.8 Å². The minimum Gasteiger partial charge on any atom is -0.383 e. The molecule has 2 aromatic heterocycles. The van der Waals surface area contributed by atoms with E-state index in [2.05, 4.69) is 20.4 Å². The molecule has 0 atom stereocenters. The highest BCUT2D eigenvalue weighted by Gasteiger charge is 2.82. The fourth-order valence-electron chi connectivity index (χ4n) is 3.91. The summed E-state index contributed by atoms with van der Waals surface area (Å²) in [5, 5.41) is 9.43. The van der Waals surface area contributed by atoms with E-state index in [0.717, 1.165) is 6.07 Å². The van der Waals surface area contributed by atoms with E-state index in [0.29, 0.717) is 28.4 Å². The number of anilines is 3. The van der Waals surface area contributed by atoms with Gasteiger partial charge in [-0.25, -0.2) is 19.4 Å². The molecule has 4 aromatic rings. The highest BCUT2D eigenvalue weighted by Crippen LogP contribution is 2.56. The number of amides is 2. The highest BCUT2D eigenvalue weighted by atomic mass is 19.4. The number of nitrogen functional groups attached to an aromatic ring is 1. The van der Waals surface area contributed by atoms with Crippen LogP contribution in [0.3, 0.4) is 0 Å². The molecule has 0 unspecified atom stereocenters. The second-order valence-electron chi connectivity index (χ2n) is 9.30. The standard InChI is InChI=1S/C25H20F9N7O/c1-12(2)41-20-17(19(35)36-11-37-20)18(40-41)13-6-8-15(9-7-13)38-21(42)39-16-5-3-4-14(10-16)22(26,27)23(28,29)24(30,31)25(32,33)34/h3-12H,1-2H3,(H2,35,36,37)(H2,38,39,42). The van der Waals surface area contributed by atoms with Gasteiger partial charge in [0.15, 0.2) is 5.65 Å². The molecule has 17 heteroatoms. The van der Waals surface area contributed by atoms with Gasteiger partial charge in [-0.2, -0.15) is 44.6 Å². The number of urea groups is 1. The summed E-state index contributed by atoms with van der Waals surface area (Å²) in [5.74, 6) is -19.7. The van der Waals surface area contributed by atoms with Gasteiger partial charge < -0.3 is 16.4 Å². The molecular weight excluding hydrogens is 585 g/mol. The van der Waals surface area contributed by atoms with E-state index in [1.807, 2.05) is 19.2 Å². The molecule has 0 radical (unpaired) electrons. The van der Waals surface area contributed by atoms with Crippen LogP contribution in [-0.2, 0) is 5.92 Å². The molecule has 0 fully saturated rings. The first kappa shape index (κ1) is 30.4. The van der Waals surface area contributed by atoms with Gasteiger partial charge in [-0.3, -0.25) is 0 Å². The van der Waals surface area contributed by atoms with Gasteiger partial charge in [0.2, 0.25) is 0 Å². The fraction of sp³-hybridized carbons (Fsp3) is 0.280. The lowest BCUT2D eigenvalue weighted by Crippen LogP contribution is -2.59. The number of carbonyl (C=O) groups is 1. The Morgan fingerprint density at radius 3 is 2.07 bits per heavy atom. The summed E-state index contributed by atoms with van der Waals surface area (Å²) in [7, 11) is 0.